The number of benzene rings is 2. The smallest absolute Gasteiger partial charge is 0.254 e. The van der Waals surface area contributed by atoms with E-state index < -0.39 is 0 Å². The van der Waals surface area contributed by atoms with Gasteiger partial charge in [0.1, 0.15) is 12.1 Å². The summed E-state index contributed by atoms with van der Waals surface area (Å²) in [6.07, 6.45) is 4.42. The fraction of sp³-hybridized carbons (Fsp3) is 0.292. The van der Waals surface area contributed by atoms with E-state index in [9.17, 15) is 0 Å². The van der Waals surface area contributed by atoms with Gasteiger partial charge in [-0.2, -0.15) is 14.6 Å². The Balaban J connectivity index is 1.43. The maximum Gasteiger partial charge on any atom is 0.254 e. The van der Waals surface area contributed by atoms with Gasteiger partial charge in [-0.25, -0.2) is 4.98 Å². The Kier molecular flexibility index (Phi) is 5.60. The zero-order valence-electron chi connectivity index (χ0n) is 18.2. The van der Waals surface area contributed by atoms with E-state index in [-0.39, 0.29) is 0 Å². The zero-order chi connectivity index (χ0) is 21.9. The number of likely N-dealkylation sites (tertiary alicyclic amines) is 1. The summed E-state index contributed by atoms with van der Waals surface area (Å²) in [6, 6.07) is 16.8. The molecule has 0 radical (unpaired) electrons. The largest absolute Gasteiger partial charge is 0.493 e. The highest BCUT2D eigenvalue weighted by molar-refractivity contribution is 5.78. The van der Waals surface area contributed by atoms with Crippen LogP contribution < -0.4 is 14.8 Å². The highest BCUT2D eigenvalue weighted by Gasteiger charge is 2.25. The van der Waals surface area contributed by atoms with E-state index in [4.69, 9.17) is 9.47 Å². The van der Waals surface area contributed by atoms with Crippen LogP contribution in [0.2, 0.25) is 0 Å². The van der Waals surface area contributed by atoms with Crippen molar-refractivity contribution < 1.29 is 9.47 Å². The topological polar surface area (TPSA) is 76.8 Å². The average molecular weight is 431 g/mol. The standard InChI is InChI=1S/C24H26N6O2/c1-31-21-9-8-18(12-22(21)32-2)20-13-25-24-26-16-27-30(24)23(20)28-19-10-11-29(15-19)14-17-6-4-3-5-7-17/h3-9,12-13,16,19,28H,10-11,14-15H2,1-2H3. The summed E-state index contributed by atoms with van der Waals surface area (Å²) in [5, 5.41) is 8.15. The van der Waals surface area contributed by atoms with E-state index in [0.29, 0.717) is 23.3 Å². The number of hydrogen-bond donors (Lipinski definition) is 1. The molecule has 32 heavy (non-hydrogen) atoms. The van der Waals surface area contributed by atoms with Gasteiger partial charge in [-0.05, 0) is 29.7 Å². The van der Waals surface area contributed by atoms with Crippen molar-refractivity contribution in [3.8, 4) is 22.6 Å². The van der Waals surface area contributed by atoms with Crippen LogP contribution in [-0.4, -0.2) is 57.8 Å². The van der Waals surface area contributed by atoms with E-state index in [1.54, 1.807) is 18.7 Å². The molecule has 3 heterocycles. The second kappa shape index (κ2) is 8.84. The Hall–Kier alpha value is -3.65. The SMILES string of the molecule is COc1ccc(-c2cnc3ncnn3c2NC2CCN(Cc3ccccc3)C2)cc1OC. The van der Waals surface area contributed by atoms with Crippen molar-refractivity contribution in [3.63, 3.8) is 0 Å². The molecule has 2 aromatic carbocycles. The summed E-state index contributed by atoms with van der Waals surface area (Å²) < 4.78 is 12.7. The number of hydrogen-bond acceptors (Lipinski definition) is 7. The molecule has 164 valence electrons. The summed E-state index contributed by atoms with van der Waals surface area (Å²) >= 11 is 0. The molecular weight excluding hydrogens is 404 g/mol. The van der Waals surface area contributed by atoms with Gasteiger partial charge >= 0.3 is 0 Å². The zero-order valence-corrected chi connectivity index (χ0v) is 18.2. The van der Waals surface area contributed by atoms with Crippen LogP contribution >= 0.6 is 0 Å². The van der Waals surface area contributed by atoms with E-state index in [1.165, 1.54) is 11.9 Å². The molecule has 2 aromatic heterocycles. The first-order valence-corrected chi connectivity index (χ1v) is 10.7. The fourth-order valence-electron chi connectivity index (χ4n) is 4.26. The summed E-state index contributed by atoms with van der Waals surface area (Å²) in [6.45, 7) is 2.96. The van der Waals surface area contributed by atoms with Crippen LogP contribution in [0.25, 0.3) is 16.9 Å². The van der Waals surface area contributed by atoms with E-state index in [0.717, 1.165) is 43.0 Å². The van der Waals surface area contributed by atoms with Crippen molar-refractivity contribution in [2.45, 2.75) is 19.0 Å². The van der Waals surface area contributed by atoms with Crippen molar-refractivity contribution in [1.82, 2.24) is 24.5 Å². The maximum atomic E-state index is 5.51. The monoisotopic (exact) mass is 430 g/mol. The molecule has 1 atom stereocenters. The van der Waals surface area contributed by atoms with Crippen LogP contribution in [0.1, 0.15) is 12.0 Å². The highest BCUT2D eigenvalue weighted by Crippen LogP contribution is 2.35. The third-order valence-electron chi connectivity index (χ3n) is 5.86. The number of ether oxygens (including phenoxy) is 2. The van der Waals surface area contributed by atoms with Gasteiger partial charge < -0.3 is 14.8 Å². The minimum atomic E-state index is 0.299. The molecule has 0 spiro atoms. The molecule has 0 aliphatic carbocycles. The Bertz CT molecular complexity index is 1210. The quantitative estimate of drug-likeness (QED) is 0.481. The molecule has 5 rings (SSSR count). The van der Waals surface area contributed by atoms with Gasteiger partial charge in [-0.1, -0.05) is 36.4 Å². The number of aromatic nitrogens is 4. The Morgan fingerprint density at radius 3 is 2.69 bits per heavy atom. The second-order valence-electron chi connectivity index (χ2n) is 7.91. The molecule has 1 aliphatic rings. The molecule has 1 fully saturated rings. The first-order chi connectivity index (χ1) is 15.7. The van der Waals surface area contributed by atoms with Crippen LogP contribution in [0, 0.1) is 0 Å². The predicted octanol–water partition coefficient (Wildman–Crippen LogP) is 3.49. The average Bonchev–Trinajstić information content (AvgIpc) is 3.49. The number of anilines is 1. The third-order valence-corrected chi connectivity index (χ3v) is 5.86. The first-order valence-electron chi connectivity index (χ1n) is 10.7. The van der Waals surface area contributed by atoms with E-state index >= 15 is 0 Å². The fourth-order valence-corrected chi connectivity index (χ4v) is 4.26. The Labute approximate surface area is 186 Å². The van der Waals surface area contributed by atoms with Crippen LogP contribution in [-0.2, 0) is 6.54 Å². The van der Waals surface area contributed by atoms with Crippen LogP contribution in [0.15, 0.2) is 61.1 Å². The lowest BCUT2D eigenvalue weighted by Gasteiger charge is -2.20. The van der Waals surface area contributed by atoms with Gasteiger partial charge in [-0.3, -0.25) is 4.90 Å². The summed E-state index contributed by atoms with van der Waals surface area (Å²) in [5.41, 5.74) is 3.24. The molecule has 0 bridgehead atoms. The molecule has 1 unspecified atom stereocenters. The molecule has 4 aromatic rings. The maximum absolute atomic E-state index is 5.51. The molecular formula is C24H26N6O2. The first kappa shape index (κ1) is 20.3. The third kappa shape index (κ3) is 3.97. The van der Waals surface area contributed by atoms with Crippen molar-refractivity contribution in [2.24, 2.45) is 0 Å². The molecule has 1 aliphatic heterocycles. The summed E-state index contributed by atoms with van der Waals surface area (Å²) in [5.74, 6) is 2.81. The predicted molar refractivity (Wildman–Crippen MR) is 123 cm³/mol. The molecule has 8 nitrogen and oxygen atoms in total. The normalized spacial score (nSPS) is 16.4. The molecule has 0 amide bonds. The van der Waals surface area contributed by atoms with Gasteiger partial charge in [0.05, 0.1) is 14.2 Å². The van der Waals surface area contributed by atoms with Gasteiger partial charge in [0.2, 0.25) is 0 Å². The number of nitrogens with one attached hydrogen (secondary N) is 1. The molecule has 1 N–H and O–H groups in total. The minimum Gasteiger partial charge on any atom is -0.493 e. The Morgan fingerprint density at radius 2 is 1.88 bits per heavy atom. The number of fused-ring (bicyclic) bond motifs is 1. The van der Waals surface area contributed by atoms with Crippen molar-refractivity contribution in [1.29, 1.82) is 0 Å². The lowest BCUT2D eigenvalue weighted by atomic mass is 10.1. The van der Waals surface area contributed by atoms with Gasteiger partial charge in [0.15, 0.2) is 11.5 Å². The van der Waals surface area contributed by atoms with Crippen molar-refractivity contribution in [2.75, 3.05) is 32.6 Å². The number of nitrogens with zero attached hydrogens (tertiary/aromatic N) is 5. The molecule has 8 heteroatoms. The number of methoxy groups -OCH3 is 2. The summed E-state index contributed by atoms with van der Waals surface area (Å²) in [7, 11) is 3.27. The highest BCUT2D eigenvalue weighted by atomic mass is 16.5. The molecule has 1 saturated heterocycles. The van der Waals surface area contributed by atoms with Crippen LogP contribution in [0.5, 0.6) is 11.5 Å². The van der Waals surface area contributed by atoms with E-state index in [2.05, 4.69) is 55.6 Å². The van der Waals surface area contributed by atoms with Crippen LogP contribution in [0.4, 0.5) is 5.82 Å². The summed E-state index contributed by atoms with van der Waals surface area (Å²) in [4.78, 5) is 11.2. The van der Waals surface area contributed by atoms with E-state index in [1.807, 2.05) is 24.4 Å². The van der Waals surface area contributed by atoms with Gasteiger partial charge in [-0.15, -0.1) is 0 Å². The van der Waals surface area contributed by atoms with Gasteiger partial charge in [0.25, 0.3) is 5.78 Å². The van der Waals surface area contributed by atoms with Gasteiger partial charge in [0, 0.05) is 37.4 Å². The second-order valence-corrected chi connectivity index (χ2v) is 7.91. The lowest BCUT2D eigenvalue weighted by Crippen LogP contribution is -2.27. The molecule has 0 saturated carbocycles. The van der Waals surface area contributed by atoms with Crippen LogP contribution in [0.3, 0.4) is 0 Å². The minimum absolute atomic E-state index is 0.299. The Morgan fingerprint density at radius 1 is 1.03 bits per heavy atom. The van der Waals surface area contributed by atoms with Crippen molar-refractivity contribution in [3.05, 3.63) is 66.6 Å². The number of rotatable bonds is 7. The van der Waals surface area contributed by atoms with Crippen molar-refractivity contribution >= 4 is 11.6 Å². The lowest BCUT2D eigenvalue weighted by molar-refractivity contribution is 0.328.